The summed E-state index contributed by atoms with van der Waals surface area (Å²) in [5, 5.41) is 9.85. The second kappa shape index (κ2) is 9.45. The molecule has 1 aromatic heterocycles. The Morgan fingerprint density at radius 3 is 2.53 bits per heavy atom. The molecule has 0 spiro atoms. The zero-order valence-electron chi connectivity index (χ0n) is 17.4. The molecule has 0 saturated heterocycles. The first-order valence-electron chi connectivity index (χ1n) is 9.65. The highest BCUT2D eigenvalue weighted by Crippen LogP contribution is 2.30. The van der Waals surface area contributed by atoms with E-state index in [0.29, 0.717) is 30.2 Å². The molecule has 3 aromatic rings. The van der Waals surface area contributed by atoms with Gasteiger partial charge in [0.15, 0.2) is 11.5 Å². The number of benzene rings is 2. The fourth-order valence-electron chi connectivity index (χ4n) is 2.79. The van der Waals surface area contributed by atoms with Gasteiger partial charge in [0, 0.05) is 24.9 Å². The van der Waals surface area contributed by atoms with Crippen LogP contribution in [0.3, 0.4) is 0 Å². The van der Waals surface area contributed by atoms with Crippen LogP contribution < -0.4 is 19.8 Å². The number of aromatic nitrogens is 2. The predicted molar refractivity (Wildman–Crippen MR) is 114 cm³/mol. The van der Waals surface area contributed by atoms with Crippen molar-refractivity contribution in [2.75, 3.05) is 20.3 Å². The molecule has 3 rings (SSSR count). The van der Waals surface area contributed by atoms with Crippen LogP contribution in [0.25, 0.3) is 5.69 Å². The maximum absolute atomic E-state index is 12.8. The highest BCUT2D eigenvalue weighted by molar-refractivity contribution is 5.49. The van der Waals surface area contributed by atoms with Gasteiger partial charge in [0.1, 0.15) is 6.61 Å². The Bertz CT molecular complexity index is 1030. The highest BCUT2D eigenvalue weighted by atomic mass is 16.5. The van der Waals surface area contributed by atoms with E-state index >= 15 is 0 Å². The standard InChI is InChI=1S/C23H26N2O5/c1-23(2,27)16-30-19-10-9-18(15-20(19)28-3)25-13-12-24-21(22(25)26)29-14-11-17-7-5-4-6-8-17/h4-10,12-13,15,27H,11,14,16H2,1-3H3. The van der Waals surface area contributed by atoms with Crippen molar-refractivity contribution in [1.29, 1.82) is 0 Å². The zero-order chi connectivity index (χ0) is 21.6. The minimum absolute atomic E-state index is 0.0368. The molecule has 7 nitrogen and oxygen atoms in total. The summed E-state index contributed by atoms with van der Waals surface area (Å²) in [6, 6.07) is 15.0. The fourth-order valence-corrected chi connectivity index (χ4v) is 2.79. The number of hydrogen-bond acceptors (Lipinski definition) is 6. The van der Waals surface area contributed by atoms with Gasteiger partial charge in [-0.15, -0.1) is 0 Å². The van der Waals surface area contributed by atoms with Gasteiger partial charge in [-0.2, -0.15) is 0 Å². The van der Waals surface area contributed by atoms with Crippen LogP contribution in [0.2, 0.25) is 0 Å². The average Bonchev–Trinajstić information content (AvgIpc) is 2.73. The van der Waals surface area contributed by atoms with Crippen LogP contribution in [0, 0.1) is 0 Å². The largest absolute Gasteiger partial charge is 0.493 e. The monoisotopic (exact) mass is 410 g/mol. The second-order valence-corrected chi connectivity index (χ2v) is 7.43. The van der Waals surface area contributed by atoms with E-state index in [-0.39, 0.29) is 18.0 Å². The summed E-state index contributed by atoms with van der Waals surface area (Å²) in [5.74, 6) is 0.964. The molecule has 1 N–H and O–H groups in total. The summed E-state index contributed by atoms with van der Waals surface area (Å²) in [7, 11) is 1.52. The summed E-state index contributed by atoms with van der Waals surface area (Å²) in [5.41, 5.74) is 0.373. The molecule has 0 atom stereocenters. The van der Waals surface area contributed by atoms with Gasteiger partial charge >= 0.3 is 5.56 Å². The van der Waals surface area contributed by atoms with Crippen molar-refractivity contribution in [2.24, 2.45) is 0 Å². The van der Waals surface area contributed by atoms with Crippen molar-refractivity contribution < 1.29 is 19.3 Å². The second-order valence-electron chi connectivity index (χ2n) is 7.43. The molecule has 7 heteroatoms. The van der Waals surface area contributed by atoms with Crippen LogP contribution in [-0.2, 0) is 6.42 Å². The third kappa shape index (κ3) is 5.61. The van der Waals surface area contributed by atoms with Gasteiger partial charge in [-0.25, -0.2) is 4.98 Å². The van der Waals surface area contributed by atoms with E-state index in [1.54, 1.807) is 38.2 Å². The first kappa shape index (κ1) is 21.4. The topological polar surface area (TPSA) is 82.8 Å². The summed E-state index contributed by atoms with van der Waals surface area (Å²) in [4.78, 5) is 16.9. The SMILES string of the molecule is COc1cc(-n2ccnc(OCCc3ccccc3)c2=O)ccc1OCC(C)(C)O. The predicted octanol–water partition coefficient (Wildman–Crippen LogP) is 3.01. The van der Waals surface area contributed by atoms with Gasteiger partial charge < -0.3 is 19.3 Å². The third-order valence-electron chi connectivity index (χ3n) is 4.29. The van der Waals surface area contributed by atoms with E-state index in [1.807, 2.05) is 30.3 Å². The van der Waals surface area contributed by atoms with E-state index in [4.69, 9.17) is 14.2 Å². The van der Waals surface area contributed by atoms with Gasteiger partial charge in [0.05, 0.1) is 25.0 Å². The minimum atomic E-state index is -0.974. The lowest BCUT2D eigenvalue weighted by molar-refractivity contribution is 0.0276. The number of methoxy groups -OCH3 is 1. The summed E-state index contributed by atoms with van der Waals surface area (Å²) in [6.07, 6.45) is 3.76. The molecule has 1 heterocycles. The normalized spacial score (nSPS) is 11.2. The number of aliphatic hydroxyl groups is 1. The Morgan fingerprint density at radius 2 is 1.83 bits per heavy atom. The zero-order valence-corrected chi connectivity index (χ0v) is 17.4. The third-order valence-corrected chi connectivity index (χ3v) is 4.29. The van der Waals surface area contributed by atoms with Crippen molar-refractivity contribution in [3.8, 4) is 23.1 Å². The Hall–Kier alpha value is -3.32. The molecule has 0 fully saturated rings. The van der Waals surface area contributed by atoms with Gasteiger partial charge in [-0.05, 0) is 31.5 Å². The van der Waals surface area contributed by atoms with Crippen LogP contribution in [-0.4, -0.2) is 40.6 Å². The molecule has 0 bridgehead atoms. The molecule has 0 saturated carbocycles. The highest BCUT2D eigenvalue weighted by Gasteiger charge is 2.16. The van der Waals surface area contributed by atoms with Crippen LogP contribution in [0.1, 0.15) is 19.4 Å². The number of nitrogens with zero attached hydrogens (tertiary/aromatic N) is 2. The lowest BCUT2D eigenvalue weighted by Crippen LogP contribution is -2.28. The number of ether oxygens (including phenoxy) is 3. The van der Waals surface area contributed by atoms with E-state index < -0.39 is 5.60 Å². The summed E-state index contributed by atoms with van der Waals surface area (Å²) >= 11 is 0. The molecule has 0 aliphatic rings. The van der Waals surface area contributed by atoms with Crippen LogP contribution in [0.4, 0.5) is 0 Å². The van der Waals surface area contributed by atoms with Crippen LogP contribution in [0.5, 0.6) is 17.4 Å². The lowest BCUT2D eigenvalue weighted by atomic mass is 10.2. The van der Waals surface area contributed by atoms with Gasteiger partial charge in [-0.1, -0.05) is 30.3 Å². The first-order chi connectivity index (χ1) is 14.4. The van der Waals surface area contributed by atoms with Crippen molar-refractivity contribution in [1.82, 2.24) is 9.55 Å². The maximum Gasteiger partial charge on any atom is 0.317 e. The van der Waals surface area contributed by atoms with Gasteiger partial charge in [0.2, 0.25) is 0 Å². The smallest absolute Gasteiger partial charge is 0.317 e. The van der Waals surface area contributed by atoms with Crippen molar-refractivity contribution >= 4 is 0 Å². The Morgan fingerprint density at radius 1 is 1.07 bits per heavy atom. The van der Waals surface area contributed by atoms with E-state index in [0.717, 1.165) is 5.56 Å². The summed E-state index contributed by atoms with van der Waals surface area (Å²) < 4.78 is 18.1. The lowest BCUT2D eigenvalue weighted by Gasteiger charge is -2.19. The Labute approximate surface area is 175 Å². The Balaban J connectivity index is 1.77. The van der Waals surface area contributed by atoms with Gasteiger partial charge in [0.25, 0.3) is 5.88 Å². The summed E-state index contributed by atoms with van der Waals surface area (Å²) in [6.45, 7) is 3.77. The molecule has 0 unspecified atom stereocenters. The molecule has 0 aliphatic carbocycles. The molecule has 30 heavy (non-hydrogen) atoms. The van der Waals surface area contributed by atoms with Crippen molar-refractivity contribution in [3.05, 3.63) is 76.8 Å². The van der Waals surface area contributed by atoms with Crippen LogP contribution >= 0.6 is 0 Å². The molecule has 2 aromatic carbocycles. The van der Waals surface area contributed by atoms with Crippen molar-refractivity contribution in [3.63, 3.8) is 0 Å². The molecule has 158 valence electrons. The molecule has 0 radical (unpaired) electrons. The van der Waals surface area contributed by atoms with Crippen LogP contribution in [0.15, 0.2) is 65.7 Å². The number of hydrogen-bond donors (Lipinski definition) is 1. The molecule has 0 aliphatic heterocycles. The maximum atomic E-state index is 12.8. The first-order valence-corrected chi connectivity index (χ1v) is 9.65. The van der Waals surface area contributed by atoms with E-state index in [9.17, 15) is 9.90 Å². The molecule has 0 amide bonds. The molecular weight excluding hydrogens is 384 g/mol. The Kier molecular flexibility index (Phi) is 6.74. The number of rotatable bonds is 9. The quantitative estimate of drug-likeness (QED) is 0.584. The average molecular weight is 410 g/mol. The van der Waals surface area contributed by atoms with Crippen molar-refractivity contribution in [2.45, 2.75) is 25.9 Å². The fraction of sp³-hybridized carbons (Fsp3) is 0.304. The van der Waals surface area contributed by atoms with Gasteiger partial charge in [-0.3, -0.25) is 9.36 Å². The van der Waals surface area contributed by atoms with E-state index in [2.05, 4.69) is 4.98 Å². The van der Waals surface area contributed by atoms with E-state index in [1.165, 1.54) is 17.9 Å². The molecular formula is C23H26N2O5. The minimum Gasteiger partial charge on any atom is -0.493 e.